The van der Waals surface area contributed by atoms with Gasteiger partial charge in [0.05, 0.1) is 23.2 Å². The predicted molar refractivity (Wildman–Crippen MR) is 112 cm³/mol. The molecular formula is C22H25N5O2. The number of pyridine rings is 1. The van der Waals surface area contributed by atoms with Gasteiger partial charge in [0.15, 0.2) is 5.65 Å². The molecular weight excluding hydrogens is 366 g/mol. The molecule has 150 valence electrons. The molecule has 1 aliphatic rings. The Morgan fingerprint density at radius 3 is 2.59 bits per heavy atom. The highest BCUT2D eigenvalue weighted by Crippen LogP contribution is 2.34. The molecule has 3 aromatic rings. The number of piperazine rings is 1. The molecule has 1 aliphatic heterocycles. The monoisotopic (exact) mass is 391 g/mol. The third-order valence-electron chi connectivity index (χ3n) is 5.66. The first kappa shape index (κ1) is 19.1. The number of carbonyl (C=O) groups excluding carboxylic acids is 1. The number of amides is 1. The number of fused-ring (bicyclic) bond motifs is 3. The summed E-state index contributed by atoms with van der Waals surface area (Å²) >= 11 is 0. The molecule has 0 atom stereocenters. The van der Waals surface area contributed by atoms with E-state index in [0.29, 0.717) is 44.0 Å². The Morgan fingerprint density at radius 2 is 1.93 bits per heavy atom. The van der Waals surface area contributed by atoms with Crippen molar-refractivity contribution in [1.29, 1.82) is 5.26 Å². The standard InChI is InChI=1S/C22H25N5O2/c1-4-16-15(3)17(14-23)20-24-18-8-6-7-9-19(18)27(20)21(16)25-10-12-26(13-11-25)22(28)29-5-2/h6-9H,4-5,10-13H2,1-3H3. The molecule has 1 aromatic carbocycles. The van der Waals surface area contributed by atoms with Crippen molar-refractivity contribution in [1.82, 2.24) is 14.3 Å². The van der Waals surface area contributed by atoms with Gasteiger partial charge in [0.25, 0.3) is 0 Å². The molecule has 1 fully saturated rings. The third kappa shape index (κ3) is 3.05. The fraction of sp³-hybridized carbons (Fsp3) is 0.409. The average Bonchev–Trinajstić information content (AvgIpc) is 3.12. The summed E-state index contributed by atoms with van der Waals surface area (Å²) in [6, 6.07) is 10.4. The lowest BCUT2D eigenvalue weighted by atomic mass is 10.0. The van der Waals surface area contributed by atoms with Crippen molar-refractivity contribution in [2.24, 2.45) is 0 Å². The normalized spacial score (nSPS) is 14.4. The molecule has 0 radical (unpaired) electrons. The second-order valence-corrected chi connectivity index (χ2v) is 7.20. The van der Waals surface area contributed by atoms with Crippen molar-refractivity contribution in [3.05, 3.63) is 41.0 Å². The van der Waals surface area contributed by atoms with Crippen molar-refractivity contribution >= 4 is 28.6 Å². The first-order chi connectivity index (χ1) is 14.1. The van der Waals surface area contributed by atoms with Gasteiger partial charge in [-0.1, -0.05) is 19.1 Å². The zero-order valence-electron chi connectivity index (χ0n) is 17.1. The largest absolute Gasteiger partial charge is 0.450 e. The van der Waals surface area contributed by atoms with E-state index >= 15 is 0 Å². The van der Waals surface area contributed by atoms with Crippen LogP contribution in [0.5, 0.6) is 0 Å². The van der Waals surface area contributed by atoms with Crippen LogP contribution in [-0.4, -0.2) is 53.2 Å². The summed E-state index contributed by atoms with van der Waals surface area (Å²) < 4.78 is 7.27. The zero-order valence-corrected chi connectivity index (χ0v) is 17.1. The fourth-order valence-electron chi connectivity index (χ4n) is 4.23. The van der Waals surface area contributed by atoms with Crippen LogP contribution >= 0.6 is 0 Å². The third-order valence-corrected chi connectivity index (χ3v) is 5.66. The summed E-state index contributed by atoms with van der Waals surface area (Å²) in [5, 5.41) is 9.83. The Balaban J connectivity index is 1.86. The van der Waals surface area contributed by atoms with Gasteiger partial charge < -0.3 is 14.5 Å². The SMILES string of the molecule is CCOC(=O)N1CCN(c2c(CC)c(C)c(C#N)c3nc4ccccc4n23)CC1. The lowest BCUT2D eigenvalue weighted by Crippen LogP contribution is -2.49. The number of nitrogens with zero attached hydrogens (tertiary/aromatic N) is 5. The van der Waals surface area contributed by atoms with E-state index in [0.717, 1.165) is 34.4 Å². The van der Waals surface area contributed by atoms with E-state index in [1.807, 2.05) is 38.1 Å². The minimum absolute atomic E-state index is 0.253. The molecule has 0 N–H and O–H groups in total. The maximum atomic E-state index is 12.1. The summed E-state index contributed by atoms with van der Waals surface area (Å²) in [6.07, 6.45) is 0.563. The molecule has 29 heavy (non-hydrogen) atoms. The summed E-state index contributed by atoms with van der Waals surface area (Å²) in [6.45, 7) is 8.96. The van der Waals surface area contributed by atoms with Gasteiger partial charge >= 0.3 is 6.09 Å². The molecule has 4 rings (SSSR count). The first-order valence-electron chi connectivity index (χ1n) is 10.1. The number of benzene rings is 1. The Bertz CT molecular complexity index is 1120. The van der Waals surface area contributed by atoms with E-state index in [9.17, 15) is 10.1 Å². The van der Waals surface area contributed by atoms with Gasteiger partial charge in [0.1, 0.15) is 11.9 Å². The number of rotatable bonds is 3. The van der Waals surface area contributed by atoms with Gasteiger partial charge in [-0.05, 0) is 43.5 Å². The number of ether oxygens (including phenoxy) is 1. The molecule has 0 bridgehead atoms. The highest BCUT2D eigenvalue weighted by Gasteiger charge is 2.27. The Morgan fingerprint density at radius 1 is 1.21 bits per heavy atom. The van der Waals surface area contributed by atoms with Crippen LogP contribution in [0.1, 0.15) is 30.5 Å². The highest BCUT2D eigenvalue weighted by atomic mass is 16.6. The predicted octanol–water partition coefficient (Wildman–Crippen LogP) is 3.51. The van der Waals surface area contributed by atoms with Crippen molar-refractivity contribution in [3.63, 3.8) is 0 Å². The second-order valence-electron chi connectivity index (χ2n) is 7.20. The van der Waals surface area contributed by atoms with Crippen LogP contribution in [-0.2, 0) is 11.2 Å². The van der Waals surface area contributed by atoms with Crippen LogP contribution in [0.25, 0.3) is 16.7 Å². The number of imidazole rings is 1. The highest BCUT2D eigenvalue weighted by molar-refractivity contribution is 5.86. The number of anilines is 1. The summed E-state index contributed by atoms with van der Waals surface area (Å²) in [7, 11) is 0. The summed E-state index contributed by atoms with van der Waals surface area (Å²) in [4.78, 5) is 20.9. The zero-order chi connectivity index (χ0) is 20.5. The fourth-order valence-corrected chi connectivity index (χ4v) is 4.23. The molecule has 3 heterocycles. The Hall–Kier alpha value is -3.27. The molecule has 2 aromatic heterocycles. The van der Waals surface area contributed by atoms with Crippen LogP contribution in [0.3, 0.4) is 0 Å². The Kier molecular flexibility index (Phi) is 5.01. The number of para-hydroxylation sites is 2. The summed E-state index contributed by atoms with van der Waals surface area (Å²) in [5.41, 5.74) is 5.35. The van der Waals surface area contributed by atoms with E-state index < -0.39 is 0 Å². The Labute approximate surface area is 170 Å². The lowest BCUT2D eigenvalue weighted by Gasteiger charge is -2.37. The van der Waals surface area contributed by atoms with Crippen LogP contribution in [0.2, 0.25) is 0 Å². The number of aromatic nitrogens is 2. The first-order valence-corrected chi connectivity index (χ1v) is 10.1. The number of hydrogen-bond acceptors (Lipinski definition) is 5. The van der Waals surface area contributed by atoms with Gasteiger partial charge in [-0.2, -0.15) is 5.26 Å². The maximum absolute atomic E-state index is 12.1. The molecule has 7 heteroatoms. The molecule has 1 amide bonds. The van der Waals surface area contributed by atoms with Crippen LogP contribution in [0.15, 0.2) is 24.3 Å². The number of hydrogen-bond donors (Lipinski definition) is 0. The van der Waals surface area contributed by atoms with Crippen LogP contribution < -0.4 is 4.90 Å². The minimum Gasteiger partial charge on any atom is -0.450 e. The van der Waals surface area contributed by atoms with E-state index in [1.165, 1.54) is 0 Å². The van der Waals surface area contributed by atoms with Gasteiger partial charge in [0.2, 0.25) is 0 Å². The van der Waals surface area contributed by atoms with Gasteiger partial charge in [-0.15, -0.1) is 0 Å². The second kappa shape index (κ2) is 7.63. The topological polar surface area (TPSA) is 73.9 Å². The van der Waals surface area contributed by atoms with Gasteiger partial charge in [0, 0.05) is 26.2 Å². The molecule has 0 aliphatic carbocycles. The van der Waals surface area contributed by atoms with Gasteiger partial charge in [-0.3, -0.25) is 4.40 Å². The quantitative estimate of drug-likeness (QED) is 0.683. The minimum atomic E-state index is -0.253. The molecule has 1 saturated heterocycles. The maximum Gasteiger partial charge on any atom is 0.409 e. The number of carbonyl (C=O) groups is 1. The van der Waals surface area contributed by atoms with Crippen LogP contribution in [0.4, 0.5) is 10.6 Å². The van der Waals surface area contributed by atoms with E-state index in [4.69, 9.17) is 9.72 Å². The van der Waals surface area contributed by atoms with Gasteiger partial charge in [-0.25, -0.2) is 9.78 Å². The average molecular weight is 391 g/mol. The molecule has 0 unspecified atom stereocenters. The smallest absolute Gasteiger partial charge is 0.409 e. The van der Waals surface area contributed by atoms with Crippen molar-refractivity contribution < 1.29 is 9.53 Å². The van der Waals surface area contributed by atoms with Crippen molar-refractivity contribution in [2.75, 3.05) is 37.7 Å². The van der Waals surface area contributed by atoms with Crippen molar-refractivity contribution in [2.45, 2.75) is 27.2 Å². The van der Waals surface area contributed by atoms with E-state index in [2.05, 4.69) is 22.3 Å². The lowest BCUT2D eigenvalue weighted by molar-refractivity contribution is 0.105. The van der Waals surface area contributed by atoms with Crippen molar-refractivity contribution in [3.8, 4) is 6.07 Å². The van der Waals surface area contributed by atoms with E-state index in [-0.39, 0.29) is 6.09 Å². The molecule has 0 saturated carbocycles. The summed E-state index contributed by atoms with van der Waals surface area (Å²) in [5.74, 6) is 1.08. The van der Waals surface area contributed by atoms with E-state index in [1.54, 1.807) is 4.90 Å². The van der Waals surface area contributed by atoms with Crippen LogP contribution in [0, 0.1) is 18.3 Å². The number of nitriles is 1. The molecule has 0 spiro atoms. The molecule has 7 nitrogen and oxygen atoms in total.